The predicted octanol–water partition coefficient (Wildman–Crippen LogP) is 1.41. The Morgan fingerprint density at radius 3 is 2.68 bits per heavy atom. The second-order valence-corrected chi connectivity index (χ2v) is 5.28. The molecule has 1 atom stereocenters. The number of carbonyl (C=O) groups is 2. The number of benzene rings is 1. The van der Waals surface area contributed by atoms with Gasteiger partial charge in [0.15, 0.2) is 0 Å². The van der Waals surface area contributed by atoms with E-state index in [2.05, 4.69) is 0 Å². The van der Waals surface area contributed by atoms with Crippen LogP contribution >= 0.6 is 0 Å². The highest BCUT2D eigenvalue weighted by molar-refractivity contribution is 5.95. The van der Waals surface area contributed by atoms with Gasteiger partial charge in [-0.25, -0.2) is 0 Å². The third-order valence-electron chi connectivity index (χ3n) is 3.96. The molecule has 3 rings (SSSR count). The van der Waals surface area contributed by atoms with Crippen LogP contribution in [0.1, 0.15) is 24.8 Å². The van der Waals surface area contributed by atoms with Gasteiger partial charge in [-0.05, 0) is 24.8 Å². The molecule has 0 spiro atoms. The van der Waals surface area contributed by atoms with Gasteiger partial charge >= 0.3 is 0 Å². The Labute approximate surface area is 113 Å². The van der Waals surface area contributed by atoms with E-state index in [4.69, 9.17) is 0 Å². The summed E-state index contributed by atoms with van der Waals surface area (Å²) in [7, 11) is 0. The number of nitrogens with zero attached hydrogens (tertiary/aromatic N) is 2. The highest BCUT2D eigenvalue weighted by atomic mass is 16.2. The highest BCUT2D eigenvalue weighted by Crippen LogP contribution is 2.24. The molecular weight excluding hydrogens is 240 g/mol. The highest BCUT2D eigenvalue weighted by Gasteiger charge is 2.40. The van der Waals surface area contributed by atoms with E-state index in [9.17, 15) is 9.59 Å². The molecule has 2 aliphatic heterocycles. The fourth-order valence-corrected chi connectivity index (χ4v) is 2.97. The number of rotatable bonds is 2. The topological polar surface area (TPSA) is 40.6 Å². The normalized spacial score (nSPS) is 23.5. The SMILES string of the molecule is O=C1[C@H]2CCCCN2C(=O)CN1Cc1ccccc1. The van der Waals surface area contributed by atoms with Crippen molar-refractivity contribution in [1.29, 1.82) is 0 Å². The van der Waals surface area contributed by atoms with E-state index in [-0.39, 0.29) is 24.4 Å². The summed E-state index contributed by atoms with van der Waals surface area (Å²) in [5, 5.41) is 0. The summed E-state index contributed by atoms with van der Waals surface area (Å²) in [5.41, 5.74) is 1.08. The Morgan fingerprint density at radius 1 is 1.11 bits per heavy atom. The van der Waals surface area contributed by atoms with Gasteiger partial charge < -0.3 is 9.80 Å². The summed E-state index contributed by atoms with van der Waals surface area (Å²) >= 11 is 0. The molecule has 19 heavy (non-hydrogen) atoms. The Morgan fingerprint density at radius 2 is 1.89 bits per heavy atom. The van der Waals surface area contributed by atoms with Gasteiger partial charge in [-0.3, -0.25) is 9.59 Å². The molecule has 4 nitrogen and oxygen atoms in total. The first kappa shape index (κ1) is 12.2. The number of hydrogen-bond acceptors (Lipinski definition) is 2. The monoisotopic (exact) mass is 258 g/mol. The first-order valence-electron chi connectivity index (χ1n) is 6.88. The Kier molecular flexibility index (Phi) is 3.23. The van der Waals surface area contributed by atoms with Gasteiger partial charge in [0.1, 0.15) is 12.6 Å². The summed E-state index contributed by atoms with van der Waals surface area (Å²) in [4.78, 5) is 28.0. The van der Waals surface area contributed by atoms with E-state index in [1.54, 1.807) is 9.80 Å². The van der Waals surface area contributed by atoms with E-state index in [0.29, 0.717) is 6.54 Å². The van der Waals surface area contributed by atoms with Crippen molar-refractivity contribution < 1.29 is 9.59 Å². The molecule has 0 unspecified atom stereocenters. The van der Waals surface area contributed by atoms with Gasteiger partial charge in [-0.15, -0.1) is 0 Å². The largest absolute Gasteiger partial charge is 0.329 e. The number of piperazine rings is 1. The molecule has 1 aromatic carbocycles. The van der Waals surface area contributed by atoms with Crippen molar-refractivity contribution in [3.63, 3.8) is 0 Å². The van der Waals surface area contributed by atoms with Crippen LogP contribution in [0.5, 0.6) is 0 Å². The third kappa shape index (κ3) is 2.35. The van der Waals surface area contributed by atoms with Crippen LogP contribution in [-0.2, 0) is 16.1 Å². The maximum Gasteiger partial charge on any atom is 0.246 e. The molecule has 0 radical (unpaired) electrons. The second-order valence-electron chi connectivity index (χ2n) is 5.28. The first-order valence-corrected chi connectivity index (χ1v) is 6.88. The third-order valence-corrected chi connectivity index (χ3v) is 3.96. The van der Waals surface area contributed by atoms with Gasteiger partial charge in [-0.1, -0.05) is 30.3 Å². The van der Waals surface area contributed by atoms with E-state index in [0.717, 1.165) is 31.4 Å². The van der Waals surface area contributed by atoms with Crippen LogP contribution in [-0.4, -0.2) is 40.7 Å². The average Bonchev–Trinajstić information content (AvgIpc) is 2.46. The van der Waals surface area contributed by atoms with Gasteiger partial charge in [0, 0.05) is 13.1 Å². The smallest absolute Gasteiger partial charge is 0.246 e. The molecule has 2 amide bonds. The summed E-state index contributed by atoms with van der Waals surface area (Å²) in [6, 6.07) is 9.64. The Hall–Kier alpha value is -1.84. The fraction of sp³-hybridized carbons (Fsp3) is 0.467. The van der Waals surface area contributed by atoms with E-state index >= 15 is 0 Å². The zero-order valence-corrected chi connectivity index (χ0v) is 10.9. The molecule has 1 aromatic rings. The summed E-state index contributed by atoms with van der Waals surface area (Å²) in [6.07, 6.45) is 2.88. The lowest BCUT2D eigenvalue weighted by atomic mass is 9.98. The number of fused-ring (bicyclic) bond motifs is 1. The van der Waals surface area contributed by atoms with Gasteiger partial charge in [0.2, 0.25) is 11.8 Å². The van der Waals surface area contributed by atoms with Crippen LogP contribution < -0.4 is 0 Å². The molecule has 0 aliphatic carbocycles. The molecule has 2 saturated heterocycles. The van der Waals surface area contributed by atoms with Crippen molar-refractivity contribution in [3.05, 3.63) is 35.9 Å². The Balaban J connectivity index is 1.76. The zero-order valence-electron chi connectivity index (χ0n) is 10.9. The van der Waals surface area contributed by atoms with Crippen molar-refractivity contribution in [3.8, 4) is 0 Å². The molecule has 4 heteroatoms. The van der Waals surface area contributed by atoms with Crippen LogP contribution in [0.15, 0.2) is 30.3 Å². The van der Waals surface area contributed by atoms with Crippen molar-refractivity contribution in [2.75, 3.05) is 13.1 Å². The predicted molar refractivity (Wildman–Crippen MR) is 71.2 cm³/mol. The summed E-state index contributed by atoms with van der Waals surface area (Å²) in [6.45, 7) is 1.51. The van der Waals surface area contributed by atoms with Gasteiger partial charge in [0.25, 0.3) is 0 Å². The molecule has 2 heterocycles. The van der Waals surface area contributed by atoms with Crippen LogP contribution in [0.25, 0.3) is 0 Å². The number of hydrogen-bond donors (Lipinski definition) is 0. The number of amides is 2. The quantitative estimate of drug-likeness (QED) is 0.804. The minimum atomic E-state index is -0.210. The molecular formula is C15H18N2O2. The fourth-order valence-electron chi connectivity index (χ4n) is 2.97. The van der Waals surface area contributed by atoms with Crippen LogP contribution in [0.2, 0.25) is 0 Å². The second kappa shape index (κ2) is 5.03. The molecule has 2 fully saturated rings. The van der Waals surface area contributed by atoms with Crippen molar-refractivity contribution in [2.45, 2.75) is 31.8 Å². The standard InChI is InChI=1S/C15H18N2O2/c18-14-11-16(10-12-6-2-1-3-7-12)15(19)13-8-4-5-9-17(13)14/h1-3,6-7,13H,4-5,8-11H2/t13-/m1/s1. The molecule has 0 N–H and O–H groups in total. The van der Waals surface area contributed by atoms with Crippen LogP contribution in [0.3, 0.4) is 0 Å². The van der Waals surface area contributed by atoms with E-state index in [1.165, 1.54) is 0 Å². The van der Waals surface area contributed by atoms with Crippen molar-refractivity contribution >= 4 is 11.8 Å². The number of piperidine rings is 1. The maximum absolute atomic E-state index is 12.4. The Bertz CT molecular complexity index is 486. The average molecular weight is 258 g/mol. The minimum absolute atomic E-state index is 0.0974. The molecule has 100 valence electrons. The lowest BCUT2D eigenvalue weighted by Crippen LogP contribution is -2.60. The van der Waals surface area contributed by atoms with Crippen molar-refractivity contribution in [1.82, 2.24) is 9.80 Å². The molecule has 0 aromatic heterocycles. The van der Waals surface area contributed by atoms with Crippen LogP contribution in [0, 0.1) is 0 Å². The van der Waals surface area contributed by atoms with E-state index in [1.807, 2.05) is 30.3 Å². The number of carbonyl (C=O) groups excluding carboxylic acids is 2. The molecule has 2 aliphatic rings. The lowest BCUT2D eigenvalue weighted by Gasteiger charge is -2.42. The van der Waals surface area contributed by atoms with E-state index < -0.39 is 0 Å². The summed E-state index contributed by atoms with van der Waals surface area (Å²) < 4.78 is 0. The maximum atomic E-state index is 12.4. The van der Waals surface area contributed by atoms with Crippen LogP contribution in [0.4, 0.5) is 0 Å². The summed E-state index contributed by atoms with van der Waals surface area (Å²) in [5.74, 6) is 0.211. The lowest BCUT2D eigenvalue weighted by molar-refractivity contribution is -0.158. The first-order chi connectivity index (χ1) is 9.25. The minimum Gasteiger partial charge on any atom is -0.329 e. The molecule has 0 saturated carbocycles. The van der Waals surface area contributed by atoms with Crippen molar-refractivity contribution in [2.24, 2.45) is 0 Å². The molecule has 0 bridgehead atoms. The zero-order chi connectivity index (χ0) is 13.2. The van der Waals surface area contributed by atoms with Gasteiger partial charge in [0.05, 0.1) is 0 Å². The van der Waals surface area contributed by atoms with Gasteiger partial charge in [-0.2, -0.15) is 0 Å².